The number of benzene rings is 1. The minimum Gasteiger partial charge on any atom is -0.507 e. The van der Waals surface area contributed by atoms with Crippen LogP contribution in [0.4, 0.5) is 0 Å². The van der Waals surface area contributed by atoms with Crippen LogP contribution in [0, 0.1) is 6.92 Å². The van der Waals surface area contributed by atoms with Crippen molar-refractivity contribution in [3.8, 4) is 5.75 Å². The molecular weight excluding hydrogens is 270 g/mol. The summed E-state index contributed by atoms with van der Waals surface area (Å²) in [7, 11) is 0. The SMILES string of the molecule is Cc1cc(Br)cc(CNC(C)(C)CO)c1O. The fourth-order valence-corrected chi connectivity index (χ4v) is 1.95. The number of nitrogens with one attached hydrogen (secondary N) is 1. The monoisotopic (exact) mass is 287 g/mol. The maximum Gasteiger partial charge on any atom is 0.123 e. The van der Waals surface area contributed by atoms with E-state index in [2.05, 4.69) is 21.2 Å². The molecule has 4 heteroatoms. The second-order valence-corrected chi connectivity index (χ2v) is 5.54. The van der Waals surface area contributed by atoms with Gasteiger partial charge in [0, 0.05) is 22.1 Å². The molecule has 1 rings (SSSR count). The molecule has 0 bridgehead atoms. The van der Waals surface area contributed by atoms with E-state index in [1.807, 2.05) is 32.9 Å². The van der Waals surface area contributed by atoms with Crippen LogP contribution in [0.15, 0.2) is 16.6 Å². The van der Waals surface area contributed by atoms with Crippen LogP contribution in [-0.2, 0) is 6.54 Å². The molecule has 16 heavy (non-hydrogen) atoms. The van der Waals surface area contributed by atoms with E-state index in [4.69, 9.17) is 5.11 Å². The topological polar surface area (TPSA) is 52.5 Å². The average Bonchev–Trinajstić information content (AvgIpc) is 2.21. The quantitative estimate of drug-likeness (QED) is 0.797. The Balaban J connectivity index is 2.82. The number of aryl methyl sites for hydroxylation is 1. The van der Waals surface area contributed by atoms with Gasteiger partial charge < -0.3 is 15.5 Å². The van der Waals surface area contributed by atoms with Crippen LogP contribution in [0.2, 0.25) is 0 Å². The lowest BCUT2D eigenvalue weighted by molar-refractivity contribution is 0.187. The molecule has 0 unspecified atom stereocenters. The number of hydrogen-bond donors (Lipinski definition) is 3. The van der Waals surface area contributed by atoms with E-state index in [-0.39, 0.29) is 12.1 Å². The molecular formula is C12H18BrNO2. The predicted octanol–water partition coefficient (Wildman–Crippen LogP) is 2.32. The second kappa shape index (κ2) is 5.17. The van der Waals surface area contributed by atoms with Gasteiger partial charge in [0.1, 0.15) is 5.75 Å². The first-order valence-corrected chi connectivity index (χ1v) is 5.99. The van der Waals surface area contributed by atoms with Crippen LogP contribution in [0.5, 0.6) is 5.75 Å². The van der Waals surface area contributed by atoms with E-state index < -0.39 is 0 Å². The highest BCUT2D eigenvalue weighted by atomic mass is 79.9. The van der Waals surface area contributed by atoms with Crippen molar-refractivity contribution in [3.05, 3.63) is 27.7 Å². The number of halogens is 1. The Bertz CT molecular complexity index is 378. The standard InChI is InChI=1S/C12H18BrNO2/c1-8-4-10(13)5-9(11(8)16)6-14-12(2,3)7-15/h4-5,14-16H,6-7H2,1-3H3. The molecule has 90 valence electrons. The van der Waals surface area contributed by atoms with Crippen molar-refractivity contribution in [2.75, 3.05) is 6.61 Å². The third kappa shape index (κ3) is 3.47. The summed E-state index contributed by atoms with van der Waals surface area (Å²) in [6.45, 7) is 6.27. The van der Waals surface area contributed by atoms with Gasteiger partial charge >= 0.3 is 0 Å². The minimum atomic E-state index is -0.345. The zero-order valence-corrected chi connectivity index (χ0v) is 11.4. The van der Waals surface area contributed by atoms with Crippen molar-refractivity contribution in [1.82, 2.24) is 5.32 Å². The number of aliphatic hydroxyl groups excluding tert-OH is 1. The lowest BCUT2D eigenvalue weighted by atomic mass is 10.1. The van der Waals surface area contributed by atoms with Gasteiger partial charge in [-0.15, -0.1) is 0 Å². The van der Waals surface area contributed by atoms with E-state index in [1.54, 1.807) is 0 Å². The number of phenolic OH excluding ortho intramolecular Hbond substituents is 1. The summed E-state index contributed by atoms with van der Waals surface area (Å²) >= 11 is 3.40. The summed E-state index contributed by atoms with van der Waals surface area (Å²) < 4.78 is 0.946. The Morgan fingerprint density at radius 1 is 1.38 bits per heavy atom. The summed E-state index contributed by atoms with van der Waals surface area (Å²) in [4.78, 5) is 0. The highest BCUT2D eigenvalue weighted by molar-refractivity contribution is 9.10. The van der Waals surface area contributed by atoms with E-state index in [1.165, 1.54) is 0 Å². The average molecular weight is 288 g/mol. The first kappa shape index (κ1) is 13.5. The Morgan fingerprint density at radius 3 is 2.56 bits per heavy atom. The molecule has 3 nitrogen and oxygen atoms in total. The molecule has 0 spiro atoms. The van der Waals surface area contributed by atoms with Crippen molar-refractivity contribution in [2.45, 2.75) is 32.9 Å². The Morgan fingerprint density at radius 2 is 2.00 bits per heavy atom. The maximum atomic E-state index is 9.87. The lowest BCUT2D eigenvalue weighted by Gasteiger charge is -2.24. The molecule has 0 aliphatic carbocycles. The van der Waals surface area contributed by atoms with Crippen LogP contribution in [-0.4, -0.2) is 22.4 Å². The highest BCUT2D eigenvalue weighted by Crippen LogP contribution is 2.26. The number of hydrogen-bond acceptors (Lipinski definition) is 3. The molecule has 0 saturated heterocycles. The number of phenols is 1. The molecule has 1 aromatic carbocycles. The Labute approximate surface area is 105 Å². The van der Waals surface area contributed by atoms with Gasteiger partial charge in [-0.3, -0.25) is 0 Å². The molecule has 0 aliphatic rings. The van der Waals surface area contributed by atoms with Gasteiger partial charge in [0.2, 0.25) is 0 Å². The van der Waals surface area contributed by atoms with Crippen molar-refractivity contribution < 1.29 is 10.2 Å². The molecule has 3 N–H and O–H groups in total. The van der Waals surface area contributed by atoms with Gasteiger partial charge in [-0.05, 0) is 38.5 Å². The third-order valence-corrected chi connectivity index (χ3v) is 2.95. The van der Waals surface area contributed by atoms with Crippen LogP contribution >= 0.6 is 15.9 Å². The fraction of sp³-hybridized carbons (Fsp3) is 0.500. The Hall–Kier alpha value is -0.580. The van der Waals surface area contributed by atoms with Gasteiger partial charge in [0.05, 0.1) is 6.61 Å². The van der Waals surface area contributed by atoms with Gasteiger partial charge in [-0.25, -0.2) is 0 Å². The Kier molecular flexibility index (Phi) is 4.35. The number of rotatable bonds is 4. The summed E-state index contributed by atoms with van der Waals surface area (Å²) in [6.07, 6.45) is 0. The third-order valence-electron chi connectivity index (χ3n) is 2.50. The normalized spacial score (nSPS) is 11.8. The summed E-state index contributed by atoms with van der Waals surface area (Å²) in [5.74, 6) is 0.310. The van der Waals surface area contributed by atoms with Crippen LogP contribution in [0.25, 0.3) is 0 Å². The van der Waals surface area contributed by atoms with Gasteiger partial charge in [-0.1, -0.05) is 15.9 Å². The molecule has 0 radical (unpaired) electrons. The molecule has 0 fully saturated rings. The largest absolute Gasteiger partial charge is 0.507 e. The second-order valence-electron chi connectivity index (χ2n) is 4.63. The maximum absolute atomic E-state index is 9.87. The molecule has 0 atom stereocenters. The first-order valence-electron chi connectivity index (χ1n) is 5.19. The van der Waals surface area contributed by atoms with Crippen molar-refractivity contribution in [3.63, 3.8) is 0 Å². The van der Waals surface area contributed by atoms with E-state index in [0.717, 1.165) is 15.6 Å². The molecule has 0 aromatic heterocycles. The molecule has 0 saturated carbocycles. The van der Waals surface area contributed by atoms with Crippen LogP contribution in [0.3, 0.4) is 0 Å². The van der Waals surface area contributed by atoms with Gasteiger partial charge in [0.15, 0.2) is 0 Å². The van der Waals surface area contributed by atoms with Crippen LogP contribution in [0.1, 0.15) is 25.0 Å². The van der Waals surface area contributed by atoms with Gasteiger partial charge in [0.25, 0.3) is 0 Å². The first-order chi connectivity index (χ1) is 7.35. The molecule has 0 heterocycles. The summed E-state index contributed by atoms with van der Waals surface area (Å²) in [5.41, 5.74) is 1.32. The van der Waals surface area contributed by atoms with E-state index in [0.29, 0.717) is 12.3 Å². The molecule has 1 aromatic rings. The van der Waals surface area contributed by atoms with E-state index in [9.17, 15) is 5.11 Å². The molecule has 0 amide bonds. The molecule has 0 aliphatic heterocycles. The zero-order chi connectivity index (χ0) is 12.3. The summed E-state index contributed by atoms with van der Waals surface area (Å²) in [6, 6.07) is 3.75. The smallest absolute Gasteiger partial charge is 0.123 e. The predicted molar refractivity (Wildman–Crippen MR) is 68.5 cm³/mol. The van der Waals surface area contributed by atoms with Crippen molar-refractivity contribution in [1.29, 1.82) is 0 Å². The zero-order valence-electron chi connectivity index (χ0n) is 9.84. The van der Waals surface area contributed by atoms with Crippen molar-refractivity contribution >= 4 is 15.9 Å². The number of aromatic hydroxyl groups is 1. The summed E-state index contributed by atoms with van der Waals surface area (Å²) in [5, 5.41) is 22.2. The minimum absolute atomic E-state index is 0.0563. The van der Waals surface area contributed by atoms with Crippen molar-refractivity contribution in [2.24, 2.45) is 0 Å². The fourth-order valence-electron chi connectivity index (χ4n) is 1.33. The van der Waals surface area contributed by atoms with Gasteiger partial charge in [-0.2, -0.15) is 0 Å². The lowest BCUT2D eigenvalue weighted by Crippen LogP contribution is -2.42. The highest BCUT2D eigenvalue weighted by Gasteiger charge is 2.16. The van der Waals surface area contributed by atoms with E-state index >= 15 is 0 Å². The van der Waals surface area contributed by atoms with Crippen LogP contribution < -0.4 is 5.32 Å². The number of aliphatic hydroxyl groups is 1.